The van der Waals surface area contributed by atoms with E-state index in [0.29, 0.717) is 5.56 Å². The fraction of sp³-hybridized carbons (Fsp3) is 0.409. The van der Waals surface area contributed by atoms with Crippen molar-refractivity contribution < 1.29 is 14.4 Å². The standard InChI is InChI=1S/C22H25N3O3/c1-15-12-19(16(2)23(15)11-10-17-6-4-3-5-7-17)20(26)13-25-21(27)14-24(22(25)28)18-8-9-18/h3-7,12,18H,8-11,13-14H2,1-2H3. The van der Waals surface area contributed by atoms with Crippen molar-refractivity contribution in [1.29, 1.82) is 0 Å². The number of aromatic nitrogens is 1. The van der Waals surface area contributed by atoms with Crippen LogP contribution in [0.15, 0.2) is 36.4 Å². The van der Waals surface area contributed by atoms with E-state index in [0.717, 1.165) is 42.1 Å². The van der Waals surface area contributed by atoms with Gasteiger partial charge in [0.05, 0.1) is 6.54 Å². The first-order valence-electron chi connectivity index (χ1n) is 9.80. The quantitative estimate of drug-likeness (QED) is 0.549. The first-order chi connectivity index (χ1) is 13.5. The van der Waals surface area contributed by atoms with Crippen LogP contribution in [0, 0.1) is 13.8 Å². The number of carbonyl (C=O) groups is 3. The van der Waals surface area contributed by atoms with Gasteiger partial charge in [-0.3, -0.25) is 14.5 Å². The predicted molar refractivity (Wildman–Crippen MR) is 105 cm³/mol. The first-order valence-corrected chi connectivity index (χ1v) is 9.80. The highest BCUT2D eigenvalue weighted by atomic mass is 16.2. The van der Waals surface area contributed by atoms with Gasteiger partial charge in [-0.05, 0) is 44.7 Å². The number of hydrogen-bond acceptors (Lipinski definition) is 3. The number of carbonyl (C=O) groups excluding carboxylic acids is 3. The molecule has 1 saturated carbocycles. The van der Waals surface area contributed by atoms with E-state index in [1.807, 2.05) is 38.1 Å². The summed E-state index contributed by atoms with van der Waals surface area (Å²) in [5.41, 5.74) is 3.74. The van der Waals surface area contributed by atoms with Crippen LogP contribution in [-0.4, -0.2) is 51.2 Å². The molecule has 0 N–H and O–H groups in total. The fourth-order valence-corrected chi connectivity index (χ4v) is 3.93. The molecule has 0 unspecified atom stereocenters. The van der Waals surface area contributed by atoms with E-state index in [1.54, 1.807) is 4.90 Å². The zero-order valence-corrected chi connectivity index (χ0v) is 16.4. The molecular weight excluding hydrogens is 354 g/mol. The first kappa shape index (κ1) is 18.5. The molecule has 2 heterocycles. The number of Topliss-reactive ketones (excluding diaryl/α,β-unsaturated/α-hetero) is 1. The number of aryl methyl sites for hydroxylation is 2. The number of imide groups is 1. The van der Waals surface area contributed by atoms with Gasteiger partial charge in [-0.25, -0.2) is 4.79 Å². The molecule has 1 aliphatic heterocycles. The van der Waals surface area contributed by atoms with Gasteiger partial charge in [0, 0.05) is 29.5 Å². The van der Waals surface area contributed by atoms with Gasteiger partial charge < -0.3 is 9.47 Å². The summed E-state index contributed by atoms with van der Waals surface area (Å²) in [6.45, 7) is 4.62. The number of ketones is 1. The lowest BCUT2D eigenvalue weighted by molar-refractivity contribution is -0.125. The Hall–Kier alpha value is -2.89. The van der Waals surface area contributed by atoms with E-state index in [2.05, 4.69) is 16.7 Å². The molecule has 0 radical (unpaired) electrons. The molecule has 146 valence electrons. The van der Waals surface area contributed by atoms with E-state index in [4.69, 9.17) is 0 Å². The summed E-state index contributed by atoms with van der Waals surface area (Å²) >= 11 is 0. The molecule has 0 spiro atoms. The van der Waals surface area contributed by atoms with Crippen molar-refractivity contribution in [3.8, 4) is 0 Å². The van der Waals surface area contributed by atoms with Gasteiger partial charge in [0.15, 0.2) is 5.78 Å². The maximum Gasteiger partial charge on any atom is 0.327 e. The Morgan fingerprint density at radius 1 is 1.11 bits per heavy atom. The van der Waals surface area contributed by atoms with Crippen molar-refractivity contribution in [2.24, 2.45) is 0 Å². The van der Waals surface area contributed by atoms with Crippen LogP contribution in [0.4, 0.5) is 4.79 Å². The summed E-state index contributed by atoms with van der Waals surface area (Å²) in [7, 11) is 0. The van der Waals surface area contributed by atoms with E-state index < -0.39 is 0 Å². The summed E-state index contributed by atoms with van der Waals surface area (Å²) < 4.78 is 2.13. The molecule has 6 nitrogen and oxygen atoms in total. The Labute approximate surface area is 164 Å². The van der Waals surface area contributed by atoms with Gasteiger partial charge in [-0.2, -0.15) is 0 Å². The maximum atomic E-state index is 12.9. The molecule has 2 aromatic rings. The number of rotatable bonds is 7. The van der Waals surface area contributed by atoms with Crippen LogP contribution in [0.25, 0.3) is 0 Å². The molecule has 1 saturated heterocycles. The highest BCUT2D eigenvalue weighted by Crippen LogP contribution is 2.30. The highest BCUT2D eigenvalue weighted by molar-refractivity contribution is 6.08. The maximum absolute atomic E-state index is 12.9. The molecule has 1 aromatic carbocycles. The fourth-order valence-electron chi connectivity index (χ4n) is 3.93. The summed E-state index contributed by atoms with van der Waals surface area (Å²) in [5, 5.41) is 0. The lowest BCUT2D eigenvalue weighted by Crippen LogP contribution is -2.37. The summed E-state index contributed by atoms with van der Waals surface area (Å²) in [6.07, 6.45) is 2.77. The Morgan fingerprint density at radius 3 is 2.50 bits per heavy atom. The van der Waals surface area contributed by atoms with Gasteiger partial charge in [-0.15, -0.1) is 0 Å². The third-order valence-corrected chi connectivity index (χ3v) is 5.71. The molecule has 4 rings (SSSR count). The topological polar surface area (TPSA) is 62.6 Å². The second-order valence-electron chi connectivity index (χ2n) is 7.72. The molecule has 0 bridgehead atoms. The van der Waals surface area contributed by atoms with Crippen LogP contribution < -0.4 is 0 Å². The van der Waals surface area contributed by atoms with Crippen LogP contribution in [0.5, 0.6) is 0 Å². The average molecular weight is 379 g/mol. The molecule has 28 heavy (non-hydrogen) atoms. The number of hydrogen-bond donors (Lipinski definition) is 0. The van der Waals surface area contributed by atoms with Crippen LogP contribution in [0.2, 0.25) is 0 Å². The Balaban J connectivity index is 1.46. The van der Waals surface area contributed by atoms with E-state index >= 15 is 0 Å². The van der Waals surface area contributed by atoms with Gasteiger partial charge in [0.2, 0.25) is 0 Å². The second kappa shape index (κ2) is 7.26. The lowest BCUT2D eigenvalue weighted by atomic mass is 10.1. The third kappa shape index (κ3) is 3.46. The average Bonchev–Trinajstić information content (AvgIpc) is 3.44. The highest BCUT2D eigenvalue weighted by Gasteiger charge is 2.44. The van der Waals surface area contributed by atoms with Gasteiger partial charge in [0.1, 0.15) is 6.54 Å². The largest absolute Gasteiger partial charge is 0.348 e. The SMILES string of the molecule is Cc1cc(C(=O)CN2C(=O)CN(C3CC3)C2=O)c(C)n1CCc1ccccc1. The van der Waals surface area contributed by atoms with Crippen molar-refractivity contribution in [2.75, 3.05) is 13.1 Å². The van der Waals surface area contributed by atoms with Crippen molar-refractivity contribution in [2.45, 2.75) is 45.7 Å². The number of benzene rings is 1. The molecule has 1 aliphatic carbocycles. The minimum Gasteiger partial charge on any atom is -0.348 e. The van der Waals surface area contributed by atoms with E-state index in [1.165, 1.54) is 5.56 Å². The van der Waals surface area contributed by atoms with E-state index in [-0.39, 0.29) is 36.9 Å². The second-order valence-corrected chi connectivity index (χ2v) is 7.72. The van der Waals surface area contributed by atoms with Crippen LogP contribution in [0.1, 0.15) is 40.2 Å². The molecular formula is C22H25N3O3. The summed E-state index contributed by atoms with van der Waals surface area (Å²) in [5.74, 6) is -0.457. The zero-order chi connectivity index (χ0) is 19.8. The smallest absolute Gasteiger partial charge is 0.327 e. The van der Waals surface area contributed by atoms with E-state index in [9.17, 15) is 14.4 Å². The molecule has 6 heteroatoms. The van der Waals surface area contributed by atoms with Gasteiger partial charge >= 0.3 is 6.03 Å². The van der Waals surface area contributed by atoms with Crippen molar-refractivity contribution >= 4 is 17.7 Å². The summed E-state index contributed by atoms with van der Waals surface area (Å²) in [4.78, 5) is 40.2. The van der Waals surface area contributed by atoms with Crippen molar-refractivity contribution in [1.82, 2.24) is 14.4 Å². The van der Waals surface area contributed by atoms with Crippen LogP contribution >= 0.6 is 0 Å². The molecule has 1 aromatic heterocycles. The normalized spacial score (nSPS) is 16.9. The van der Waals surface area contributed by atoms with Crippen molar-refractivity contribution in [3.05, 3.63) is 58.9 Å². The van der Waals surface area contributed by atoms with Gasteiger partial charge in [-0.1, -0.05) is 30.3 Å². The number of nitrogens with zero attached hydrogens (tertiary/aromatic N) is 3. The third-order valence-electron chi connectivity index (χ3n) is 5.71. The Morgan fingerprint density at radius 2 is 1.82 bits per heavy atom. The number of amides is 3. The predicted octanol–water partition coefficient (Wildman–Crippen LogP) is 2.96. The molecule has 2 fully saturated rings. The minimum atomic E-state index is -0.321. The van der Waals surface area contributed by atoms with Crippen LogP contribution in [0.3, 0.4) is 0 Å². The van der Waals surface area contributed by atoms with Crippen molar-refractivity contribution in [3.63, 3.8) is 0 Å². The van der Waals surface area contributed by atoms with Crippen LogP contribution in [-0.2, 0) is 17.8 Å². The summed E-state index contributed by atoms with van der Waals surface area (Å²) in [6, 6.07) is 12.0. The molecule has 0 atom stereocenters. The number of urea groups is 1. The Bertz CT molecular complexity index is 928. The molecule has 2 aliphatic rings. The monoisotopic (exact) mass is 379 g/mol. The Kier molecular flexibility index (Phi) is 4.79. The zero-order valence-electron chi connectivity index (χ0n) is 16.4. The lowest BCUT2D eigenvalue weighted by Gasteiger charge is -2.16. The molecule has 3 amide bonds. The van der Waals surface area contributed by atoms with Gasteiger partial charge in [0.25, 0.3) is 5.91 Å². The minimum absolute atomic E-state index is 0.104.